The Hall–Kier alpha value is -1.93. The fraction of sp³-hybridized carbons (Fsp3) is 0.556. The van der Waals surface area contributed by atoms with Crippen LogP contribution in [0.3, 0.4) is 0 Å². The second kappa shape index (κ2) is 10.3. The topological polar surface area (TPSA) is 102 Å². The summed E-state index contributed by atoms with van der Waals surface area (Å²) in [6.45, 7) is 7.92. The van der Waals surface area contributed by atoms with Crippen LogP contribution < -0.4 is 10.0 Å². The van der Waals surface area contributed by atoms with Crippen LogP contribution in [0.1, 0.15) is 50.9 Å². The lowest BCUT2D eigenvalue weighted by molar-refractivity contribution is -0.124. The largest absolute Gasteiger partial charge is 0.452 e. The van der Waals surface area contributed by atoms with E-state index in [0.717, 1.165) is 6.42 Å². The van der Waals surface area contributed by atoms with Gasteiger partial charge in [-0.15, -0.1) is 0 Å². The zero-order valence-corrected chi connectivity index (χ0v) is 16.6. The molecule has 146 valence electrons. The molecular formula is C18H28N2O5S. The Morgan fingerprint density at radius 3 is 2.27 bits per heavy atom. The van der Waals surface area contributed by atoms with Gasteiger partial charge < -0.3 is 10.1 Å². The quantitative estimate of drug-likeness (QED) is 0.602. The van der Waals surface area contributed by atoms with Gasteiger partial charge in [0.1, 0.15) is 0 Å². The molecular weight excluding hydrogens is 356 g/mol. The van der Waals surface area contributed by atoms with Crippen LogP contribution in [-0.2, 0) is 19.6 Å². The van der Waals surface area contributed by atoms with Gasteiger partial charge in [0, 0.05) is 12.6 Å². The van der Waals surface area contributed by atoms with E-state index in [1.54, 1.807) is 6.92 Å². The van der Waals surface area contributed by atoms with Crippen LogP contribution in [0.2, 0.25) is 0 Å². The van der Waals surface area contributed by atoms with Crippen molar-refractivity contribution in [1.29, 1.82) is 0 Å². The number of carbonyl (C=O) groups is 2. The maximum Gasteiger partial charge on any atom is 0.338 e. The van der Waals surface area contributed by atoms with Crippen LogP contribution in [0.25, 0.3) is 0 Å². The second-order valence-electron chi connectivity index (χ2n) is 6.56. The highest BCUT2D eigenvalue weighted by molar-refractivity contribution is 7.89. The lowest BCUT2D eigenvalue weighted by atomic mass is 10.1. The summed E-state index contributed by atoms with van der Waals surface area (Å²) in [5, 5.41) is 2.67. The number of hydrogen-bond donors (Lipinski definition) is 2. The Bertz CT molecular complexity index is 699. The van der Waals surface area contributed by atoms with Crippen LogP contribution in [0, 0.1) is 5.92 Å². The fourth-order valence-corrected chi connectivity index (χ4v) is 3.28. The van der Waals surface area contributed by atoms with E-state index in [-0.39, 0.29) is 29.0 Å². The lowest BCUT2D eigenvalue weighted by Crippen LogP contribution is -2.32. The molecule has 0 aliphatic rings. The molecule has 1 amide bonds. The maximum atomic E-state index is 12.2. The van der Waals surface area contributed by atoms with Crippen LogP contribution in [0.15, 0.2) is 29.2 Å². The number of benzene rings is 1. The number of esters is 1. The van der Waals surface area contributed by atoms with Crippen molar-refractivity contribution in [2.75, 3.05) is 13.2 Å². The summed E-state index contributed by atoms with van der Waals surface area (Å²) < 4.78 is 31.8. The summed E-state index contributed by atoms with van der Waals surface area (Å²) in [4.78, 5) is 23.6. The van der Waals surface area contributed by atoms with E-state index >= 15 is 0 Å². The van der Waals surface area contributed by atoms with Gasteiger partial charge in [0.25, 0.3) is 5.91 Å². The molecule has 2 N–H and O–H groups in total. The zero-order valence-electron chi connectivity index (χ0n) is 15.7. The van der Waals surface area contributed by atoms with Gasteiger partial charge in [-0.25, -0.2) is 17.9 Å². The van der Waals surface area contributed by atoms with E-state index < -0.39 is 16.0 Å². The predicted octanol–water partition coefficient (Wildman–Crippen LogP) is 2.08. The van der Waals surface area contributed by atoms with E-state index in [1.165, 1.54) is 24.3 Å². The first-order chi connectivity index (χ1) is 12.2. The van der Waals surface area contributed by atoms with Gasteiger partial charge in [0.2, 0.25) is 10.0 Å². The van der Waals surface area contributed by atoms with E-state index in [2.05, 4.69) is 23.9 Å². The minimum atomic E-state index is -3.62. The van der Waals surface area contributed by atoms with Crippen molar-refractivity contribution in [3.05, 3.63) is 29.8 Å². The number of rotatable bonds is 10. The maximum absolute atomic E-state index is 12.2. The average molecular weight is 384 g/mol. The first-order valence-electron chi connectivity index (χ1n) is 8.72. The summed E-state index contributed by atoms with van der Waals surface area (Å²) >= 11 is 0. The second-order valence-corrected chi connectivity index (χ2v) is 8.28. The van der Waals surface area contributed by atoms with Gasteiger partial charge in [0.05, 0.1) is 10.5 Å². The Morgan fingerprint density at radius 2 is 1.73 bits per heavy atom. The lowest BCUT2D eigenvalue weighted by Gasteiger charge is -2.12. The molecule has 0 radical (unpaired) electrons. The SMILES string of the molecule is CC[C@@H](C)NS(=O)(=O)c1ccc(C(=O)OCC(=O)NCCC(C)C)cc1. The molecule has 0 aromatic heterocycles. The highest BCUT2D eigenvalue weighted by Gasteiger charge is 2.17. The van der Waals surface area contributed by atoms with E-state index in [0.29, 0.717) is 18.9 Å². The summed E-state index contributed by atoms with van der Waals surface area (Å²) in [6, 6.07) is 5.22. The Morgan fingerprint density at radius 1 is 1.12 bits per heavy atom. The molecule has 1 rings (SSSR count). The predicted molar refractivity (Wildman–Crippen MR) is 99.3 cm³/mol. The molecule has 0 fully saturated rings. The van der Waals surface area contributed by atoms with Crippen molar-refractivity contribution < 1.29 is 22.7 Å². The third-order valence-corrected chi connectivity index (χ3v) is 5.35. The number of ether oxygens (including phenoxy) is 1. The molecule has 8 heteroatoms. The molecule has 1 aromatic rings. The number of carbonyl (C=O) groups excluding carboxylic acids is 2. The summed E-state index contributed by atoms with van der Waals surface area (Å²) in [6.07, 6.45) is 1.52. The van der Waals surface area contributed by atoms with Gasteiger partial charge in [-0.2, -0.15) is 0 Å². The Kier molecular flexibility index (Phi) is 8.74. The number of hydrogen-bond acceptors (Lipinski definition) is 5. The Labute approximate surface area is 155 Å². The minimum absolute atomic E-state index is 0.0702. The fourth-order valence-electron chi connectivity index (χ4n) is 1.95. The molecule has 1 atom stereocenters. The highest BCUT2D eigenvalue weighted by atomic mass is 32.2. The van der Waals surface area contributed by atoms with Gasteiger partial charge in [-0.05, 0) is 49.9 Å². The third-order valence-electron chi connectivity index (χ3n) is 3.75. The first kappa shape index (κ1) is 22.1. The van der Waals surface area contributed by atoms with Crippen molar-refractivity contribution in [1.82, 2.24) is 10.0 Å². The molecule has 0 aliphatic heterocycles. The molecule has 0 heterocycles. The van der Waals surface area contributed by atoms with E-state index in [4.69, 9.17) is 4.74 Å². The minimum Gasteiger partial charge on any atom is -0.452 e. The first-order valence-corrected chi connectivity index (χ1v) is 10.2. The normalized spacial score (nSPS) is 12.7. The zero-order chi connectivity index (χ0) is 19.7. The van der Waals surface area contributed by atoms with Crippen molar-refractivity contribution in [3.63, 3.8) is 0 Å². The van der Waals surface area contributed by atoms with Gasteiger partial charge >= 0.3 is 5.97 Å². The van der Waals surface area contributed by atoms with Gasteiger partial charge in [0.15, 0.2) is 6.61 Å². The molecule has 0 unspecified atom stereocenters. The van der Waals surface area contributed by atoms with Crippen molar-refractivity contribution in [3.8, 4) is 0 Å². The molecule has 0 spiro atoms. The van der Waals surface area contributed by atoms with Gasteiger partial charge in [-0.3, -0.25) is 4.79 Å². The third kappa shape index (κ3) is 7.53. The van der Waals surface area contributed by atoms with E-state index in [9.17, 15) is 18.0 Å². The number of nitrogens with one attached hydrogen (secondary N) is 2. The number of amides is 1. The van der Waals surface area contributed by atoms with Crippen molar-refractivity contribution >= 4 is 21.9 Å². The summed E-state index contributed by atoms with van der Waals surface area (Å²) in [7, 11) is -3.62. The Balaban J connectivity index is 2.57. The molecule has 7 nitrogen and oxygen atoms in total. The molecule has 0 saturated carbocycles. The van der Waals surface area contributed by atoms with Crippen LogP contribution in [0.5, 0.6) is 0 Å². The molecule has 26 heavy (non-hydrogen) atoms. The smallest absolute Gasteiger partial charge is 0.338 e. The molecule has 0 aliphatic carbocycles. The average Bonchev–Trinajstić information content (AvgIpc) is 2.59. The molecule has 1 aromatic carbocycles. The number of sulfonamides is 1. The van der Waals surface area contributed by atoms with Crippen LogP contribution in [-0.4, -0.2) is 39.5 Å². The molecule has 0 saturated heterocycles. The monoisotopic (exact) mass is 384 g/mol. The highest BCUT2D eigenvalue weighted by Crippen LogP contribution is 2.12. The van der Waals surface area contributed by atoms with Crippen molar-refractivity contribution in [2.45, 2.75) is 51.5 Å². The summed E-state index contributed by atoms with van der Waals surface area (Å²) in [5.41, 5.74) is 0.183. The van der Waals surface area contributed by atoms with Crippen LogP contribution >= 0.6 is 0 Å². The van der Waals surface area contributed by atoms with Gasteiger partial charge in [-0.1, -0.05) is 20.8 Å². The van der Waals surface area contributed by atoms with Crippen molar-refractivity contribution in [2.24, 2.45) is 5.92 Å². The van der Waals surface area contributed by atoms with Crippen LogP contribution in [0.4, 0.5) is 0 Å². The molecule has 0 bridgehead atoms. The summed E-state index contributed by atoms with van der Waals surface area (Å²) in [5.74, 6) is -0.568. The standard InChI is InChI=1S/C18H28N2O5S/c1-5-14(4)20-26(23,24)16-8-6-15(7-9-16)18(22)25-12-17(21)19-11-10-13(2)3/h6-9,13-14,20H,5,10-12H2,1-4H3,(H,19,21)/t14-/m1/s1. The van der Waals surface area contributed by atoms with E-state index in [1.807, 2.05) is 6.92 Å².